The summed E-state index contributed by atoms with van der Waals surface area (Å²) in [6.07, 6.45) is 0. The normalized spacial score (nSPS) is 13.1. The van der Waals surface area contributed by atoms with Crippen LogP contribution in [-0.4, -0.2) is 20.5 Å². The van der Waals surface area contributed by atoms with Crippen molar-refractivity contribution in [3.8, 4) is 0 Å². The lowest BCUT2D eigenvalue weighted by atomic mass is 10.1. The van der Waals surface area contributed by atoms with Gasteiger partial charge in [-0.1, -0.05) is 13.8 Å². The molecule has 0 fully saturated rings. The third kappa shape index (κ3) is 4.88. The molecule has 0 saturated heterocycles. The highest BCUT2D eigenvalue weighted by Gasteiger charge is 2.11. The van der Waals surface area contributed by atoms with Gasteiger partial charge in [0.15, 0.2) is 0 Å². The van der Waals surface area contributed by atoms with Crippen molar-refractivity contribution in [3.05, 3.63) is 24.3 Å². The third-order valence-corrected chi connectivity index (χ3v) is 3.73. The molecular weight excluding hydrogens is 266 g/mol. The molecule has 1 aromatic rings. The Morgan fingerprint density at radius 3 is 2.11 bits per heavy atom. The number of benzene rings is 1. The minimum absolute atomic E-state index is 0.00834. The summed E-state index contributed by atoms with van der Waals surface area (Å²) in [6, 6.07) is 5.38. The van der Waals surface area contributed by atoms with E-state index in [2.05, 4.69) is 10.6 Å². The zero-order valence-corrected chi connectivity index (χ0v) is 12.0. The van der Waals surface area contributed by atoms with E-state index in [4.69, 9.17) is 5.14 Å². The lowest BCUT2D eigenvalue weighted by Gasteiger charge is -2.17. The van der Waals surface area contributed by atoms with Crippen LogP contribution >= 0.6 is 0 Å². The molecule has 0 radical (unpaired) electrons. The average Bonchev–Trinajstić information content (AvgIpc) is 2.28. The van der Waals surface area contributed by atoms with Crippen LogP contribution in [0.3, 0.4) is 0 Å². The van der Waals surface area contributed by atoms with E-state index < -0.39 is 10.0 Å². The lowest BCUT2D eigenvalue weighted by molar-refractivity contribution is 0.246. The van der Waals surface area contributed by atoms with E-state index in [0.717, 1.165) is 0 Å². The molecule has 0 aliphatic carbocycles. The maximum atomic E-state index is 11.6. The molecule has 0 aliphatic heterocycles. The first-order valence-corrected chi connectivity index (χ1v) is 7.45. The Morgan fingerprint density at radius 2 is 1.68 bits per heavy atom. The number of nitrogens with one attached hydrogen (secondary N) is 2. The molecule has 19 heavy (non-hydrogen) atoms. The van der Waals surface area contributed by atoms with Crippen molar-refractivity contribution in [3.63, 3.8) is 0 Å². The van der Waals surface area contributed by atoms with Crippen molar-refractivity contribution in [1.29, 1.82) is 0 Å². The van der Waals surface area contributed by atoms with E-state index in [1.54, 1.807) is 0 Å². The number of amides is 2. The van der Waals surface area contributed by atoms with Gasteiger partial charge >= 0.3 is 6.03 Å². The second-order valence-corrected chi connectivity index (χ2v) is 6.26. The fourth-order valence-electron chi connectivity index (χ4n) is 1.27. The maximum absolute atomic E-state index is 11.6. The first-order valence-electron chi connectivity index (χ1n) is 5.90. The van der Waals surface area contributed by atoms with Gasteiger partial charge in [0.05, 0.1) is 4.90 Å². The molecule has 1 rings (SSSR count). The van der Waals surface area contributed by atoms with Crippen LogP contribution in [0.1, 0.15) is 20.8 Å². The Morgan fingerprint density at radius 1 is 1.16 bits per heavy atom. The number of carbonyl (C=O) groups excluding carboxylic acids is 1. The molecule has 106 valence electrons. The van der Waals surface area contributed by atoms with E-state index in [1.807, 2.05) is 20.8 Å². The van der Waals surface area contributed by atoms with Crippen molar-refractivity contribution < 1.29 is 13.2 Å². The summed E-state index contributed by atoms with van der Waals surface area (Å²) in [7, 11) is -3.71. The number of anilines is 1. The van der Waals surface area contributed by atoms with E-state index in [0.29, 0.717) is 11.6 Å². The Labute approximate surface area is 113 Å². The first-order chi connectivity index (χ1) is 8.70. The monoisotopic (exact) mass is 285 g/mol. The van der Waals surface area contributed by atoms with Gasteiger partial charge in [-0.3, -0.25) is 0 Å². The van der Waals surface area contributed by atoms with Gasteiger partial charge in [-0.2, -0.15) is 0 Å². The number of nitrogens with two attached hydrogens (primary N) is 1. The minimum Gasteiger partial charge on any atom is -0.335 e. The predicted octanol–water partition coefficient (Wildman–Crippen LogP) is 1.50. The number of primary sulfonamides is 1. The molecular formula is C12H19N3O3S. The molecule has 0 aliphatic rings. The second kappa shape index (κ2) is 6.03. The van der Waals surface area contributed by atoms with E-state index in [-0.39, 0.29) is 17.0 Å². The van der Waals surface area contributed by atoms with Crippen molar-refractivity contribution >= 4 is 21.7 Å². The summed E-state index contributed by atoms with van der Waals surface area (Å²) < 4.78 is 22.1. The van der Waals surface area contributed by atoms with Gasteiger partial charge in [-0.05, 0) is 37.1 Å². The quantitative estimate of drug-likeness (QED) is 0.781. The van der Waals surface area contributed by atoms with E-state index in [9.17, 15) is 13.2 Å². The Balaban J connectivity index is 2.66. The summed E-state index contributed by atoms with van der Waals surface area (Å²) in [5.41, 5.74) is 0.501. The number of hydrogen-bond acceptors (Lipinski definition) is 3. The molecule has 0 saturated carbocycles. The van der Waals surface area contributed by atoms with Crippen molar-refractivity contribution in [2.75, 3.05) is 5.32 Å². The molecule has 7 heteroatoms. The molecule has 0 spiro atoms. The first kappa shape index (κ1) is 15.5. The summed E-state index contributed by atoms with van der Waals surface area (Å²) in [6.45, 7) is 5.92. The van der Waals surface area contributed by atoms with E-state index in [1.165, 1.54) is 24.3 Å². The Hall–Kier alpha value is -1.60. The van der Waals surface area contributed by atoms with Gasteiger partial charge in [0, 0.05) is 11.7 Å². The molecule has 1 unspecified atom stereocenters. The number of carbonyl (C=O) groups is 1. The smallest absolute Gasteiger partial charge is 0.319 e. The number of hydrogen-bond donors (Lipinski definition) is 3. The largest absolute Gasteiger partial charge is 0.335 e. The van der Waals surface area contributed by atoms with Crippen LogP contribution in [0, 0.1) is 5.92 Å². The zero-order valence-electron chi connectivity index (χ0n) is 11.2. The van der Waals surface area contributed by atoms with Gasteiger partial charge in [-0.25, -0.2) is 18.4 Å². The minimum atomic E-state index is -3.71. The topological polar surface area (TPSA) is 101 Å². The third-order valence-electron chi connectivity index (χ3n) is 2.80. The van der Waals surface area contributed by atoms with Crippen LogP contribution < -0.4 is 15.8 Å². The van der Waals surface area contributed by atoms with Crippen molar-refractivity contribution in [2.24, 2.45) is 11.1 Å². The molecule has 0 heterocycles. The van der Waals surface area contributed by atoms with Crippen LogP contribution in [0.25, 0.3) is 0 Å². The fourth-order valence-corrected chi connectivity index (χ4v) is 1.78. The number of rotatable bonds is 4. The zero-order chi connectivity index (χ0) is 14.6. The second-order valence-electron chi connectivity index (χ2n) is 4.70. The summed E-state index contributed by atoms with van der Waals surface area (Å²) >= 11 is 0. The van der Waals surface area contributed by atoms with Crippen LogP contribution in [0.2, 0.25) is 0 Å². The predicted molar refractivity (Wildman–Crippen MR) is 74.3 cm³/mol. The molecule has 1 aromatic carbocycles. The summed E-state index contributed by atoms with van der Waals surface area (Å²) in [5, 5.41) is 10.4. The van der Waals surface area contributed by atoms with Gasteiger partial charge in [0.2, 0.25) is 10.0 Å². The van der Waals surface area contributed by atoms with Gasteiger partial charge in [0.25, 0.3) is 0 Å². The van der Waals surface area contributed by atoms with Crippen LogP contribution in [-0.2, 0) is 10.0 Å². The summed E-state index contributed by atoms with van der Waals surface area (Å²) in [4.78, 5) is 11.7. The van der Waals surface area contributed by atoms with Crippen molar-refractivity contribution in [1.82, 2.24) is 5.32 Å². The van der Waals surface area contributed by atoms with Crippen LogP contribution in [0.4, 0.5) is 10.5 Å². The van der Waals surface area contributed by atoms with Gasteiger partial charge in [-0.15, -0.1) is 0 Å². The highest BCUT2D eigenvalue weighted by molar-refractivity contribution is 7.89. The molecule has 0 bridgehead atoms. The van der Waals surface area contributed by atoms with E-state index >= 15 is 0 Å². The highest BCUT2D eigenvalue weighted by Crippen LogP contribution is 2.12. The number of urea groups is 1. The Bertz CT molecular complexity index is 538. The molecule has 1 atom stereocenters. The fraction of sp³-hybridized carbons (Fsp3) is 0.417. The molecule has 4 N–H and O–H groups in total. The Kier molecular flexibility index (Phi) is 4.90. The average molecular weight is 285 g/mol. The summed E-state index contributed by atoms with van der Waals surface area (Å²) in [5.74, 6) is 0.329. The van der Waals surface area contributed by atoms with Crippen LogP contribution in [0.5, 0.6) is 0 Å². The standard InChI is InChI=1S/C12H19N3O3S/c1-8(2)9(3)14-12(16)15-10-4-6-11(7-5-10)19(13,17)18/h4-9H,1-3H3,(H2,13,17,18)(H2,14,15,16). The molecule has 0 aromatic heterocycles. The number of sulfonamides is 1. The SMILES string of the molecule is CC(C)C(C)NC(=O)Nc1ccc(S(N)(=O)=O)cc1. The lowest BCUT2D eigenvalue weighted by Crippen LogP contribution is -2.38. The van der Waals surface area contributed by atoms with Crippen LogP contribution in [0.15, 0.2) is 29.2 Å². The maximum Gasteiger partial charge on any atom is 0.319 e. The van der Waals surface area contributed by atoms with Gasteiger partial charge < -0.3 is 10.6 Å². The molecule has 6 nitrogen and oxygen atoms in total. The highest BCUT2D eigenvalue weighted by atomic mass is 32.2. The molecule has 2 amide bonds. The van der Waals surface area contributed by atoms with Crippen molar-refractivity contribution in [2.45, 2.75) is 31.7 Å². The van der Waals surface area contributed by atoms with Gasteiger partial charge in [0.1, 0.15) is 0 Å².